The van der Waals surface area contributed by atoms with E-state index in [1.165, 1.54) is 36.4 Å². The maximum absolute atomic E-state index is 13.2. The fraction of sp³-hybridized carbons (Fsp3) is 0. The Kier molecular flexibility index (Phi) is 3.85. The molecule has 5 nitrogen and oxygen atoms in total. The van der Waals surface area contributed by atoms with E-state index in [0.29, 0.717) is 5.69 Å². The van der Waals surface area contributed by atoms with Gasteiger partial charge in [0.1, 0.15) is 5.82 Å². The maximum Gasteiger partial charge on any atom is 0.238 e. The second-order valence-electron chi connectivity index (χ2n) is 4.08. The third kappa shape index (κ3) is 3.38. The minimum atomic E-state index is -3.89. The first-order valence-electron chi connectivity index (χ1n) is 5.41. The fourth-order valence-electron chi connectivity index (χ4n) is 1.61. The van der Waals surface area contributed by atoms with E-state index < -0.39 is 15.8 Å². The van der Waals surface area contributed by atoms with Gasteiger partial charge in [0.25, 0.3) is 0 Å². The molecule has 2 aromatic rings. The Bertz CT molecular complexity index is 765. The minimum Gasteiger partial charge on any atom is -0.399 e. The van der Waals surface area contributed by atoms with Crippen LogP contribution in [0.15, 0.2) is 41.3 Å². The van der Waals surface area contributed by atoms with E-state index in [2.05, 4.69) is 5.32 Å². The third-order valence-corrected chi connectivity index (χ3v) is 3.69. The predicted molar refractivity (Wildman–Crippen MR) is 76.9 cm³/mol. The average molecular weight is 316 g/mol. The van der Waals surface area contributed by atoms with Crippen LogP contribution in [0, 0.1) is 5.82 Å². The van der Waals surface area contributed by atoms with Gasteiger partial charge in [-0.1, -0.05) is 11.6 Å². The van der Waals surface area contributed by atoms with E-state index in [4.69, 9.17) is 22.5 Å². The van der Waals surface area contributed by atoms with Crippen LogP contribution in [0.5, 0.6) is 0 Å². The van der Waals surface area contributed by atoms with Crippen LogP contribution >= 0.6 is 11.6 Å². The molecule has 0 saturated carbocycles. The Morgan fingerprint density at radius 1 is 1.15 bits per heavy atom. The van der Waals surface area contributed by atoms with Crippen LogP contribution in [-0.4, -0.2) is 8.42 Å². The number of benzene rings is 2. The Hall–Kier alpha value is -1.83. The molecule has 0 fully saturated rings. The Balaban J connectivity index is 2.44. The Morgan fingerprint density at radius 3 is 2.50 bits per heavy atom. The third-order valence-electron chi connectivity index (χ3n) is 2.46. The van der Waals surface area contributed by atoms with Crippen molar-refractivity contribution in [1.82, 2.24) is 0 Å². The van der Waals surface area contributed by atoms with Crippen molar-refractivity contribution >= 4 is 38.7 Å². The first kappa shape index (κ1) is 14.6. The number of sulfonamides is 1. The summed E-state index contributed by atoms with van der Waals surface area (Å²) in [5, 5.41) is 8.12. The molecule has 0 atom stereocenters. The van der Waals surface area contributed by atoms with Crippen molar-refractivity contribution < 1.29 is 12.8 Å². The van der Waals surface area contributed by atoms with Gasteiger partial charge in [0, 0.05) is 11.4 Å². The largest absolute Gasteiger partial charge is 0.399 e. The highest BCUT2D eigenvalue weighted by Gasteiger charge is 2.11. The smallest absolute Gasteiger partial charge is 0.238 e. The van der Waals surface area contributed by atoms with Crippen molar-refractivity contribution in [3.63, 3.8) is 0 Å². The van der Waals surface area contributed by atoms with Crippen LogP contribution in [0.4, 0.5) is 21.5 Å². The molecule has 0 spiro atoms. The van der Waals surface area contributed by atoms with Gasteiger partial charge in [0.15, 0.2) is 0 Å². The summed E-state index contributed by atoms with van der Waals surface area (Å²) in [6.07, 6.45) is 0. The topological polar surface area (TPSA) is 98.2 Å². The molecule has 0 unspecified atom stereocenters. The van der Waals surface area contributed by atoms with Gasteiger partial charge in [-0.05, 0) is 36.4 Å². The van der Waals surface area contributed by atoms with Crippen molar-refractivity contribution in [2.45, 2.75) is 4.90 Å². The first-order chi connectivity index (χ1) is 9.25. The quantitative estimate of drug-likeness (QED) is 0.758. The molecular formula is C12H11ClFN3O2S. The molecule has 2 rings (SSSR count). The van der Waals surface area contributed by atoms with Crippen LogP contribution in [0.25, 0.3) is 0 Å². The zero-order valence-electron chi connectivity index (χ0n) is 10.1. The van der Waals surface area contributed by atoms with Crippen LogP contribution in [0.1, 0.15) is 0 Å². The standard InChI is InChI=1S/C12H11ClFN3O2S/c13-11-2-1-7(14)3-12(11)17-9-4-8(15)5-10(6-9)20(16,18)19/h1-6,17H,15H2,(H2,16,18,19). The summed E-state index contributed by atoms with van der Waals surface area (Å²) in [7, 11) is -3.89. The lowest BCUT2D eigenvalue weighted by molar-refractivity contribution is 0.598. The molecule has 0 amide bonds. The summed E-state index contributed by atoms with van der Waals surface area (Å²) in [6.45, 7) is 0. The number of nitrogens with two attached hydrogens (primary N) is 2. The van der Waals surface area contributed by atoms with Crippen LogP contribution < -0.4 is 16.2 Å². The highest BCUT2D eigenvalue weighted by molar-refractivity contribution is 7.89. The molecule has 8 heteroatoms. The second-order valence-corrected chi connectivity index (χ2v) is 6.05. The monoisotopic (exact) mass is 315 g/mol. The lowest BCUT2D eigenvalue weighted by Gasteiger charge is -2.10. The summed E-state index contributed by atoms with van der Waals surface area (Å²) in [4.78, 5) is -0.146. The number of nitrogen functional groups attached to an aromatic ring is 1. The SMILES string of the molecule is Nc1cc(Nc2cc(F)ccc2Cl)cc(S(N)(=O)=O)c1. The molecule has 106 valence electrons. The minimum absolute atomic E-state index is 0.146. The number of hydrogen-bond donors (Lipinski definition) is 3. The Morgan fingerprint density at radius 2 is 1.85 bits per heavy atom. The normalized spacial score (nSPS) is 11.3. The van der Waals surface area contributed by atoms with Crippen molar-refractivity contribution in [3.05, 3.63) is 47.2 Å². The number of rotatable bonds is 3. The maximum atomic E-state index is 13.2. The zero-order valence-corrected chi connectivity index (χ0v) is 11.7. The fourth-order valence-corrected chi connectivity index (χ4v) is 2.36. The van der Waals surface area contributed by atoms with E-state index in [9.17, 15) is 12.8 Å². The van der Waals surface area contributed by atoms with E-state index in [1.54, 1.807) is 0 Å². The van der Waals surface area contributed by atoms with Crippen LogP contribution in [-0.2, 0) is 10.0 Å². The number of anilines is 3. The van der Waals surface area contributed by atoms with Gasteiger partial charge in [-0.25, -0.2) is 17.9 Å². The number of primary sulfonamides is 1. The van der Waals surface area contributed by atoms with Gasteiger partial charge in [-0.15, -0.1) is 0 Å². The summed E-state index contributed by atoms with van der Waals surface area (Å²) < 4.78 is 35.8. The molecule has 0 saturated heterocycles. The van der Waals surface area contributed by atoms with Crippen LogP contribution in [0.3, 0.4) is 0 Å². The van der Waals surface area contributed by atoms with Gasteiger partial charge in [-0.3, -0.25) is 0 Å². The predicted octanol–water partition coefficient (Wildman–Crippen LogP) is 2.45. The molecule has 0 aliphatic rings. The molecule has 0 aromatic heterocycles. The summed E-state index contributed by atoms with van der Waals surface area (Å²) in [6, 6.07) is 7.77. The molecule has 0 radical (unpaired) electrons. The van der Waals surface area contributed by atoms with Gasteiger partial charge < -0.3 is 11.1 Å². The molecule has 0 bridgehead atoms. The van der Waals surface area contributed by atoms with Crippen LogP contribution in [0.2, 0.25) is 5.02 Å². The zero-order chi connectivity index (χ0) is 14.9. The average Bonchev–Trinajstić information content (AvgIpc) is 2.32. The van der Waals surface area contributed by atoms with Crippen molar-refractivity contribution in [2.75, 3.05) is 11.1 Å². The van der Waals surface area contributed by atoms with E-state index >= 15 is 0 Å². The highest BCUT2D eigenvalue weighted by atomic mass is 35.5. The van der Waals surface area contributed by atoms with Gasteiger partial charge in [-0.2, -0.15) is 0 Å². The molecular weight excluding hydrogens is 305 g/mol. The highest BCUT2D eigenvalue weighted by Crippen LogP contribution is 2.28. The molecule has 0 heterocycles. The van der Waals surface area contributed by atoms with Crippen molar-refractivity contribution in [2.24, 2.45) is 5.14 Å². The lowest BCUT2D eigenvalue weighted by atomic mass is 10.2. The molecule has 0 aliphatic heterocycles. The van der Waals surface area contributed by atoms with Crippen molar-refractivity contribution in [3.8, 4) is 0 Å². The van der Waals surface area contributed by atoms with E-state index in [0.717, 1.165) is 0 Å². The lowest BCUT2D eigenvalue weighted by Crippen LogP contribution is -2.12. The van der Waals surface area contributed by atoms with Crippen molar-refractivity contribution in [1.29, 1.82) is 0 Å². The second kappa shape index (κ2) is 5.28. The van der Waals surface area contributed by atoms with Gasteiger partial charge in [0.05, 0.1) is 15.6 Å². The molecule has 0 aliphatic carbocycles. The molecule has 20 heavy (non-hydrogen) atoms. The number of halogens is 2. The van der Waals surface area contributed by atoms with E-state index in [-0.39, 0.29) is 21.3 Å². The number of nitrogens with one attached hydrogen (secondary N) is 1. The summed E-state index contributed by atoms with van der Waals surface area (Å²) in [5.41, 5.74) is 6.44. The molecule has 2 aromatic carbocycles. The summed E-state index contributed by atoms with van der Waals surface area (Å²) >= 11 is 5.91. The molecule has 5 N–H and O–H groups in total. The van der Waals surface area contributed by atoms with E-state index in [1.807, 2.05) is 0 Å². The van der Waals surface area contributed by atoms with Gasteiger partial charge >= 0.3 is 0 Å². The Labute approximate surface area is 120 Å². The van der Waals surface area contributed by atoms with Gasteiger partial charge in [0.2, 0.25) is 10.0 Å². The first-order valence-corrected chi connectivity index (χ1v) is 7.33. The summed E-state index contributed by atoms with van der Waals surface area (Å²) in [5.74, 6) is -0.479. The number of hydrogen-bond acceptors (Lipinski definition) is 4.